The van der Waals surface area contributed by atoms with E-state index in [1.165, 1.54) is 6.07 Å². The molecule has 1 aromatic carbocycles. The van der Waals surface area contributed by atoms with Crippen LogP contribution in [0.1, 0.15) is 19.4 Å². The number of rotatable bonds is 0. The molecule has 0 heterocycles. The SMILES string of the molecule is CC.Cc1cc(P)ccc1F. The Morgan fingerprint density at radius 2 is 1.82 bits per heavy atom. The van der Waals surface area contributed by atoms with E-state index in [1.54, 1.807) is 19.1 Å². The van der Waals surface area contributed by atoms with Crippen molar-refractivity contribution in [3.05, 3.63) is 29.6 Å². The van der Waals surface area contributed by atoms with Crippen LogP contribution in [0.25, 0.3) is 0 Å². The standard InChI is InChI=1S/C7H8FP.C2H6/c1-5-4-6(9)2-3-7(5)8;1-2/h2-4H,9H2,1H3;1-2H3. The normalized spacial score (nSPS) is 8.45. The van der Waals surface area contributed by atoms with Crippen LogP contribution in [0.2, 0.25) is 0 Å². The number of halogens is 1. The van der Waals surface area contributed by atoms with E-state index in [-0.39, 0.29) is 5.82 Å². The lowest BCUT2D eigenvalue weighted by Crippen LogP contribution is -1.92. The molecular formula is C9H14FP. The molecule has 0 radical (unpaired) electrons. The lowest BCUT2D eigenvalue weighted by molar-refractivity contribution is 0.619. The Hall–Kier alpha value is -0.420. The molecule has 0 saturated heterocycles. The van der Waals surface area contributed by atoms with Crippen LogP contribution in [0.4, 0.5) is 4.39 Å². The summed E-state index contributed by atoms with van der Waals surface area (Å²) in [4.78, 5) is 0. The van der Waals surface area contributed by atoms with Gasteiger partial charge in [-0.2, -0.15) is 0 Å². The fraction of sp³-hybridized carbons (Fsp3) is 0.333. The van der Waals surface area contributed by atoms with Crippen LogP contribution >= 0.6 is 9.24 Å². The zero-order valence-corrected chi connectivity index (χ0v) is 8.34. The van der Waals surface area contributed by atoms with Gasteiger partial charge < -0.3 is 0 Å². The minimum atomic E-state index is -0.138. The predicted octanol–water partition coefficient (Wildman–Crippen LogP) is 2.66. The third-order valence-electron chi connectivity index (χ3n) is 1.18. The quantitative estimate of drug-likeness (QED) is 0.528. The van der Waals surface area contributed by atoms with Gasteiger partial charge in [0.1, 0.15) is 5.82 Å². The monoisotopic (exact) mass is 172 g/mol. The molecule has 0 aliphatic carbocycles. The number of hydrogen-bond donors (Lipinski definition) is 0. The van der Waals surface area contributed by atoms with Crippen LogP contribution in [0.15, 0.2) is 18.2 Å². The van der Waals surface area contributed by atoms with Crippen molar-refractivity contribution in [3.63, 3.8) is 0 Å². The van der Waals surface area contributed by atoms with Gasteiger partial charge in [0.25, 0.3) is 0 Å². The molecule has 1 rings (SSSR count). The zero-order chi connectivity index (χ0) is 8.85. The van der Waals surface area contributed by atoms with Crippen LogP contribution in [0.5, 0.6) is 0 Å². The van der Waals surface area contributed by atoms with Crippen molar-refractivity contribution in [3.8, 4) is 0 Å². The average molecular weight is 172 g/mol. The largest absolute Gasteiger partial charge is 0.207 e. The third kappa shape index (κ3) is 3.48. The number of aryl methyl sites for hydroxylation is 1. The molecule has 0 aliphatic rings. The van der Waals surface area contributed by atoms with Crippen molar-refractivity contribution in [2.24, 2.45) is 0 Å². The molecule has 0 N–H and O–H groups in total. The summed E-state index contributed by atoms with van der Waals surface area (Å²) < 4.78 is 12.5. The van der Waals surface area contributed by atoms with E-state index >= 15 is 0 Å². The second-order valence-corrected chi connectivity index (χ2v) is 2.68. The topological polar surface area (TPSA) is 0 Å². The highest BCUT2D eigenvalue weighted by Crippen LogP contribution is 2.03. The van der Waals surface area contributed by atoms with Crippen LogP contribution in [0.3, 0.4) is 0 Å². The molecule has 11 heavy (non-hydrogen) atoms. The Bertz CT molecular complexity index is 221. The molecule has 0 nitrogen and oxygen atoms in total. The zero-order valence-electron chi connectivity index (χ0n) is 7.19. The Balaban J connectivity index is 0.000000461. The summed E-state index contributed by atoms with van der Waals surface area (Å²) >= 11 is 0. The molecule has 0 fully saturated rings. The number of benzene rings is 1. The second kappa shape index (κ2) is 5.26. The van der Waals surface area contributed by atoms with Gasteiger partial charge in [-0.25, -0.2) is 4.39 Å². The maximum atomic E-state index is 12.5. The van der Waals surface area contributed by atoms with E-state index in [1.807, 2.05) is 13.8 Å². The summed E-state index contributed by atoms with van der Waals surface area (Å²) in [6, 6.07) is 4.99. The number of hydrogen-bond acceptors (Lipinski definition) is 0. The molecule has 1 atom stereocenters. The van der Waals surface area contributed by atoms with Gasteiger partial charge in [0.05, 0.1) is 0 Å². The second-order valence-electron chi connectivity index (χ2n) is 2.01. The van der Waals surface area contributed by atoms with Gasteiger partial charge in [-0.05, 0) is 29.9 Å². The van der Waals surface area contributed by atoms with Gasteiger partial charge in [-0.15, -0.1) is 9.24 Å². The van der Waals surface area contributed by atoms with Crippen molar-refractivity contribution in [1.82, 2.24) is 0 Å². The summed E-state index contributed by atoms with van der Waals surface area (Å²) in [6.07, 6.45) is 0. The lowest BCUT2D eigenvalue weighted by atomic mass is 10.2. The molecule has 0 saturated carbocycles. The molecule has 0 aromatic heterocycles. The van der Waals surface area contributed by atoms with Gasteiger partial charge in [-0.3, -0.25) is 0 Å². The van der Waals surface area contributed by atoms with Crippen molar-refractivity contribution in [2.45, 2.75) is 20.8 Å². The van der Waals surface area contributed by atoms with E-state index < -0.39 is 0 Å². The first-order chi connectivity index (χ1) is 5.20. The Morgan fingerprint density at radius 3 is 2.18 bits per heavy atom. The molecule has 0 spiro atoms. The van der Waals surface area contributed by atoms with Gasteiger partial charge in [-0.1, -0.05) is 19.9 Å². The van der Waals surface area contributed by atoms with E-state index in [4.69, 9.17) is 0 Å². The minimum Gasteiger partial charge on any atom is -0.207 e. The molecule has 0 aliphatic heterocycles. The average Bonchev–Trinajstić information content (AvgIpc) is 2.02. The molecule has 1 aromatic rings. The minimum absolute atomic E-state index is 0.138. The summed E-state index contributed by atoms with van der Waals surface area (Å²) in [7, 11) is 2.52. The van der Waals surface area contributed by atoms with Crippen LogP contribution < -0.4 is 5.30 Å². The molecule has 1 unspecified atom stereocenters. The van der Waals surface area contributed by atoms with Crippen molar-refractivity contribution >= 4 is 14.5 Å². The highest BCUT2D eigenvalue weighted by Gasteiger charge is 1.93. The first-order valence-electron chi connectivity index (χ1n) is 3.72. The first-order valence-corrected chi connectivity index (χ1v) is 4.29. The summed E-state index contributed by atoms with van der Waals surface area (Å²) in [5, 5.41) is 1.02. The van der Waals surface area contributed by atoms with Crippen molar-refractivity contribution in [1.29, 1.82) is 0 Å². The van der Waals surface area contributed by atoms with Gasteiger partial charge in [0, 0.05) is 0 Å². The summed E-state index contributed by atoms with van der Waals surface area (Å²) in [5.41, 5.74) is 0.697. The smallest absolute Gasteiger partial charge is 0.126 e. The first kappa shape index (κ1) is 10.6. The molecular weight excluding hydrogens is 158 g/mol. The van der Waals surface area contributed by atoms with Gasteiger partial charge >= 0.3 is 0 Å². The van der Waals surface area contributed by atoms with Crippen molar-refractivity contribution < 1.29 is 4.39 Å². The van der Waals surface area contributed by atoms with Crippen molar-refractivity contribution in [2.75, 3.05) is 0 Å². The summed E-state index contributed by atoms with van der Waals surface area (Å²) in [5.74, 6) is -0.138. The molecule has 62 valence electrons. The molecule has 0 amide bonds. The molecule has 2 heteroatoms. The lowest BCUT2D eigenvalue weighted by Gasteiger charge is -1.94. The fourth-order valence-electron chi connectivity index (χ4n) is 0.668. The Labute approximate surface area is 70.0 Å². The van der Waals surface area contributed by atoms with Crippen LogP contribution in [-0.2, 0) is 0 Å². The van der Waals surface area contributed by atoms with E-state index in [9.17, 15) is 4.39 Å². The van der Waals surface area contributed by atoms with Gasteiger partial charge in [0.2, 0.25) is 0 Å². The van der Waals surface area contributed by atoms with E-state index in [0.29, 0.717) is 5.56 Å². The summed E-state index contributed by atoms with van der Waals surface area (Å²) in [6.45, 7) is 5.75. The van der Waals surface area contributed by atoms with Gasteiger partial charge in [0.15, 0.2) is 0 Å². The Kier molecular flexibility index (Phi) is 5.06. The maximum Gasteiger partial charge on any atom is 0.126 e. The molecule has 0 bridgehead atoms. The fourth-order valence-corrected chi connectivity index (χ4v) is 1.01. The maximum absolute atomic E-state index is 12.5. The van der Waals surface area contributed by atoms with E-state index in [0.717, 1.165) is 5.30 Å². The predicted molar refractivity (Wildman–Crippen MR) is 51.8 cm³/mol. The Morgan fingerprint density at radius 1 is 1.27 bits per heavy atom. The van der Waals surface area contributed by atoms with Crippen LogP contribution in [-0.4, -0.2) is 0 Å². The van der Waals surface area contributed by atoms with E-state index in [2.05, 4.69) is 9.24 Å². The highest BCUT2D eigenvalue weighted by atomic mass is 31.0. The third-order valence-corrected chi connectivity index (χ3v) is 1.54. The van der Waals surface area contributed by atoms with Crippen LogP contribution in [0, 0.1) is 12.7 Å². The highest BCUT2D eigenvalue weighted by molar-refractivity contribution is 7.27.